The molecule has 0 amide bonds. The molecule has 0 saturated carbocycles. The van der Waals surface area contributed by atoms with Gasteiger partial charge in [-0.05, 0) is 38.1 Å². The Balaban J connectivity index is 1.74. The Labute approximate surface area is 183 Å². The zero-order chi connectivity index (χ0) is 20.8. The highest BCUT2D eigenvalue weighted by molar-refractivity contribution is 7.27. The Morgan fingerprint density at radius 1 is 0.710 bits per heavy atom. The lowest BCUT2D eigenvalue weighted by atomic mass is 10.0. The minimum Gasteiger partial charge on any atom is -0.268 e. The van der Waals surface area contributed by atoms with Gasteiger partial charge in [-0.25, -0.2) is 9.97 Å². The van der Waals surface area contributed by atoms with Gasteiger partial charge in [0.1, 0.15) is 9.66 Å². The van der Waals surface area contributed by atoms with Crippen molar-refractivity contribution in [3.05, 3.63) is 54.7 Å². The maximum absolute atomic E-state index is 13.5. The number of pyridine rings is 2. The van der Waals surface area contributed by atoms with Crippen molar-refractivity contribution in [1.82, 2.24) is 18.8 Å². The summed E-state index contributed by atoms with van der Waals surface area (Å²) in [7, 11) is 0. The predicted octanol–water partition coefficient (Wildman–Crippen LogP) is 5.15. The average molecular weight is 459 g/mol. The zero-order valence-corrected chi connectivity index (χ0v) is 18.6. The molecule has 0 spiro atoms. The van der Waals surface area contributed by atoms with Crippen molar-refractivity contribution in [2.24, 2.45) is 0 Å². The summed E-state index contributed by atoms with van der Waals surface area (Å²) in [6.07, 6.45) is 0. The Hall–Kier alpha value is -3.14. The van der Waals surface area contributed by atoms with E-state index in [0.29, 0.717) is 22.1 Å². The van der Waals surface area contributed by atoms with Gasteiger partial charge < -0.3 is 0 Å². The molecule has 6 nitrogen and oxygen atoms in total. The number of aromatic nitrogens is 4. The summed E-state index contributed by atoms with van der Waals surface area (Å²) in [6, 6.07) is 7.63. The average Bonchev–Trinajstić information content (AvgIpc) is 3.49. The Morgan fingerprint density at radius 3 is 1.61 bits per heavy atom. The molecule has 31 heavy (non-hydrogen) atoms. The number of thiophene rings is 3. The molecule has 0 aliphatic rings. The van der Waals surface area contributed by atoms with Crippen LogP contribution in [0.1, 0.15) is 9.75 Å². The third kappa shape index (κ3) is 1.73. The molecular weight excluding hydrogens is 448 g/mol. The van der Waals surface area contributed by atoms with Crippen LogP contribution < -0.4 is 11.1 Å². The van der Waals surface area contributed by atoms with Gasteiger partial charge in [0.05, 0.1) is 20.4 Å². The zero-order valence-electron chi connectivity index (χ0n) is 16.1. The summed E-state index contributed by atoms with van der Waals surface area (Å²) >= 11 is 4.76. The van der Waals surface area contributed by atoms with Crippen LogP contribution in [0.3, 0.4) is 0 Å². The molecule has 0 N–H and O–H groups in total. The predicted molar refractivity (Wildman–Crippen MR) is 129 cm³/mol. The van der Waals surface area contributed by atoms with Gasteiger partial charge >= 0.3 is 0 Å². The second-order valence-electron chi connectivity index (χ2n) is 7.92. The number of benzene rings is 1. The van der Waals surface area contributed by atoms with Crippen molar-refractivity contribution in [3.63, 3.8) is 0 Å². The SMILES string of the molecule is Cc1cc2c(nc3c4sc5c6c(ccc(c(=O)n23)c46)c(=O)n2c3cc(C)sc3nc52)s1. The van der Waals surface area contributed by atoms with Crippen molar-refractivity contribution in [3.8, 4) is 0 Å². The molecule has 148 valence electrons. The third-order valence-corrected chi connectivity index (χ3v) is 9.14. The van der Waals surface area contributed by atoms with Crippen molar-refractivity contribution >= 4 is 96.9 Å². The molecular formula is C22H10N4O2S3. The summed E-state index contributed by atoms with van der Waals surface area (Å²) < 4.78 is 5.33. The van der Waals surface area contributed by atoms with Crippen LogP contribution in [0.4, 0.5) is 0 Å². The van der Waals surface area contributed by atoms with Gasteiger partial charge in [0.25, 0.3) is 11.1 Å². The molecule has 1 aromatic carbocycles. The number of hydrogen-bond donors (Lipinski definition) is 0. The van der Waals surface area contributed by atoms with Crippen LogP contribution in [-0.2, 0) is 0 Å². The van der Waals surface area contributed by atoms with E-state index in [9.17, 15) is 9.59 Å². The number of nitrogens with zero attached hydrogens (tertiary/aromatic N) is 4. The van der Waals surface area contributed by atoms with Crippen LogP contribution in [0.2, 0.25) is 0 Å². The van der Waals surface area contributed by atoms with Crippen molar-refractivity contribution in [1.29, 1.82) is 0 Å². The first-order valence-corrected chi connectivity index (χ1v) is 12.1. The third-order valence-electron chi connectivity index (χ3n) is 6.09. The van der Waals surface area contributed by atoms with Crippen molar-refractivity contribution < 1.29 is 0 Å². The Kier molecular flexibility index (Phi) is 2.67. The molecule has 0 aliphatic carbocycles. The molecule has 0 radical (unpaired) electrons. The van der Waals surface area contributed by atoms with Crippen LogP contribution in [0.25, 0.3) is 62.9 Å². The summed E-state index contributed by atoms with van der Waals surface area (Å²) in [4.78, 5) is 40.6. The van der Waals surface area contributed by atoms with E-state index in [2.05, 4.69) is 0 Å². The fourth-order valence-corrected chi connectivity index (χ4v) is 7.90. The molecule has 8 rings (SSSR count). The lowest BCUT2D eigenvalue weighted by molar-refractivity contribution is 1.18. The molecule has 0 atom stereocenters. The standard InChI is InChI=1S/C22H10N4O2S3/c1-7-5-11-19(29-7)23-17-15-13-9(21(27)25(11)17)3-4-10-14(13)16(31-15)18-24-20-12(6-8(2)30-20)26(18)22(10)28/h3-6H,1-2H3. The van der Waals surface area contributed by atoms with Gasteiger partial charge in [-0.3, -0.25) is 18.4 Å². The van der Waals surface area contributed by atoms with Gasteiger partial charge in [-0.15, -0.1) is 34.0 Å². The molecule has 0 fully saturated rings. The molecule has 7 heterocycles. The Morgan fingerprint density at radius 2 is 1.16 bits per heavy atom. The van der Waals surface area contributed by atoms with Gasteiger partial charge in [0, 0.05) is 31.3 Å². The number of aryl methyl sites for hydroxylation is 2. The van der Waals surface area contributed by atoms with E-state index >= 15 is 0 Å². The topological polar surface area (TPSA) is 68.7 Å². The quantitative estimate of drug-likeness (QED) is 0.295. The fraction of sp³-hybridized carbons (Fsp3) is 0.0909. The highest BCUT2D eigenvalue weighted by Gasteiger charge is 2.25. The number of fused-ring (bicyclic) bond motifs is 8. The van der Waals surface area contributed by atoms with Crippen LogP contribution in [0, 0.1) is 13.8 Å². The molecule has 8 aromatic rings. The van der Waals surface area contributed by atoms with Crippen LogP contribution in [0.15, 0.2) is 33.9 Å². The molecule has 0 bridgehead atoms. The second-order valence-corrected chi connectivity index (χ2v) is 11.4. The first-order chi connectivity index (χ1) is 15.0. The maximum atomic E-state index is 13.5. The van der Waals surface area contributed by atoms with E-state index in [1.54, 1.807) is 54.9 Å². The normalized spacial score (nSPS) is 13.1. The van der Waals surface area contributed by atoms with E-state index < -0.39 is 0 Å². The molecule has 0 aliphatic heterocycles. The minimum absolute atomic E-state index is 0.0864. The summed E-state index contributed by atoms with van der Waals surface area (Å²) in [5.41, 5.74) is 2.87. The van der Waals surface area contributed by atoms with Crippen molar-refractivity contribution in [2.75, 3.05) is 0 Å². The monoisotopic (exact) mass is 458 g/mol. The van der Waals surface area contributed by atoms with E-state index in [1.807, 2.05) is 26.0 Å². The molecule has 0 unspecified atom stereocenters. The van der Waals surface area contributed by atoms with E-state index in [4.69, 9.17) is 9.97 Å². The van der Waals surface area contributed by atoms with E-state index in [-0.39, 0.29) is 11.1 Å². The van der Waals surface area contributed by atoms with E-state index in [1.165, 1.54) is 0 Å². The van der Waals surface area contributed by atoms with Crippen LogP contribution in [-0.4, -0.2) is 18.8 Å². The first kappa shape index (κ1) is 16.5. The summed E-state index contributed by atoms with van der Waals surface area (Å²) in [5, 5.41) is 2.92. The summed E-state index contributed by atoms with van der Waals surface area (Å²) in [6.45, 7) is 4.05. The van der Waals surface area contributed by atoms with E-state index in [0.717, 1.165) is 50.6 Å². The highest BCUT2D eigenvalue weighted by atomic mass is 32.1. The van der Waals surface area contributed by atoms with Crippen LogP contribution in [0.5, 0.6) is 0 Å². The highest BCUT2D eigenvalue weighted by Crippen LogP contribution is 2.43. The largest absolute Gasteiger partial charge is 0.268 e. The van der Waals surface area contributed by atoms with Gasteiger partial charge in [-0.1, -0.05) is 0 Å². The number of imidazole rings is 2. The number of rotatable bonds is 0. The lowest BCUT2D eigenvalue weighted by Crippen LogP contribution is -2.15. The first-order valence-electron chi connectivity index (χ1n) is 9.68. The smallest absolute Gasteiger partial charge is 0.264 e. The molecule has 7 aromatic heterocycles. The van der Waals surface area contributed by atoms with Crippen LogP contribution >= 0.6 is 34.0 Å². The van der Waals surface area contributed by atoms with Gasteiger partial charge in [0.15, 0.2) is 11.3 Å². The Bertz CT molecular complexity index is 2020. The number of hydrogen-bond acceptors (Lipinski definition) is 7. The fourth-order valence-electron chi connectivity index (χ4n) is 4.88. The molecule has 0 saturated heterocycles. The maximum Gasteiger partial charge on any atom is 0.264 e. The van der Waals surface area contributed by atoms with Gasteiger partial charge in [0.2, 0.25) is 0 Å². The minimum atomic E-state index is -0.0864. The van der Waals surface area contributed by atoms with Gasteiger partial charge in [-0.2, -0.15) is 0 Å². The summed E-state index contributed by atoms with van der Waals surface area (Å²) in [5.74, 6) is 0. The molecule has 9 heteroatoms. The lowest BCUT2D eigenvalue weighted by Gasteiger charge is -2.04. The van der Waals surface area contributed by atoms with Crippen molar-refractivity contribution in [2.45, 2.75) is 13.8 Å². The second kappa shape index (κ2) is 5.01.